The summed E-state index contributed by atoms with van der Waals surface area (Å²) in [5.74, 6) is 0.729. The molecule has 0 aromatic carbocycles. The number of piperidine rings is 1. The van der Waals surface area contributed by atoms with E-state index in [9.17, 15) is 4.79 Å². The lowest BCUT2D eigenvalue weighted by molar-refractivity contribution is -0.132. The molecule has 0 aliphatic carbocycles. The molecule has 1 fully saturated rings. The van der Waals surface area contributed by atoms with Crippen LogP contribution in [-0.2, 0) is 16.0 Å². The van der Waals surface area contributed by atoms with Crippen molar-refractivity contribution in [2.75, 3.05) is 20.2 Å². The van der Waals surface area contributed by atoms with E-state index in [0.29, 0.717) is 12.2 Å². The molecule has 116 valence electrons. The van der Waals surface area contributed by atoms with E-state index < -0.39 is 0 Å². The SMILES string of the molecule is COC1CCN(C(=O)Cc2csc(-c3ncccn3)n2)CC1. The number of aromatic nitrogens is 3. The average molecular weight is 318 g/mol. The molecule has 3 rings (SSSR count). The van der Waals surface area contributed by atoms with Gasteiger partial charge in [0.15, 0.2) is 10.8 Å². The highest BCUT2D eigenvalue weighted by molar-refractivity contribution is 7.13. The van der Waals surface area contributed by atoms with Crippen molar-refractivity contribution in [2.45, 2.75) is 25.4 Å². The number of ether oxygens (including phenoxy) is 1. The minimum Gasteiger partial charge on any atom is -0.381 e. The van der Waals surface area contributed by atoms with Crippen LogP contribution in [0.1, 0.15) is 18.5 Å². The molecule has 2 aromatic heterocycles. The summed E-state index contributed by atoms with van der Waals surface area (Å²) in [5.41, 5.74) is 0.784. The molecular weight excluding hydrogens is 300 g/mol. The van der Waals surface area contributed by atoms with Crippen LogP contribution < -0.4 is 0 Å². The second-order valence-corrected chi connectivity index (χ2v) is 6.07. The highest BCUT2D eigenvalue weighted by Gasteiger charge is 2.23. The van der Waals surface area contributed by atoms with Gasteiger partial charge in [-0.05, 0) is 18.9 Å². The van der Waals surface area contributed by atoms with Gasteiger partial charge in [0.05, 0.1) is 18.2 Å². The topological polar surface area (TPSA) is 68.2 Å². The zero-order valence-corrected chi connectivity index (χ0v) is 13.3. The van der Waals surface area contributed by atoms with Gasteiger partial charge in [0.25, 0.3) is 0 Å². The van der Waals surface area contributed by atoms with Gasteiger partial charge in [-0.2, -0.15) is 0 Å². The minimum absolute atomic E-state index is 0.125. The second-order valence-electron chi connectivity index (χ2n) is 5.21. The number of carbonyl (C=O) groups excluding carboxylic acids is 1. The highest BCUT2D eigenvalue weighted by Crippen LogP contribution is 2.21. The number of thiazole rings is 1. The zero-order chi connectivity index (χ0) is 15.4. The Bertz CT molecular complexity index is 623. The van der Waals surface area contributed by atoms with Crippen LogP contribution in [0.5, 0.6) is 0 Å². The van der Waals surface area contributed by atoms with Gasteiger partial charge in [-0.3, -0.25) is 4.79 Å². The summed E-state index contributed by atoms with van der Waals surface area (Å²) in [6.45, 7) is 1.52. The normalized spacial score (nSPS) is 16.0. The predicted molar refractivity (Wildman–Crippen MR) is 83.5 cm³/mol. The van der Waals surface area contributed by atoms with E-state index in [4.69, 9.17) is 4.74 Å². The number of methoxy groups -OCH3 is 1. The van der Waals surface area contributed by atoms with E-state index in [1.807, 2.05) is 10.3 Å². The van der Waals surface area contributed by atoms with Gasteiger partial charge in [0.1, 0.15) is 0 Å². The summed E-state index contributed by atoms with van der Waals surface area (Å²) in [7, 11) is 1.73. The van der Waals surface area contributed by atoms with Crippen LogP contribution in [0.3, 0.4) is 0 Å². The fourth-order valence-electron chi connectivity index (χ4n) is 2.51. The number of rotatable bonds is 4. The fourth-order valence-corrected chi connectivity index (χ4v) is 3.27. The van der Waals surface area contributed by atoms with Crippen LogP contribution in [0.2, 0.25) is 0 Å². The van der Waals surface area contributed by atoms with Crippen molar-refractivity contribution in [1.82, 2.24) is 19.9 Å². The summed E-state index contributed by atoms with van der Waals surface area (Å²) in [6.07, 6.45) is 5.81. The van der Waals surface area contributed by atoms with Crippen molar-refractivity contribution in [1.29, 1.82) is 0 Å². The molecule has 0 bridgehead atoms. The molecule has 0 N–H and O–H groups in total. The van der Waals surface area contributed by atoms with E-state index >= 15 is 0 Å². The Morgan fingerprint density at radius 2 is 2.09 bits per heavy atom. The molecular formula is C15H18N4O2S. The lowest BCUT2D eigenvalue weighted by Crippen LogP contribution is -2.41. The van der Waals surface area contributed by atoms with Gasteiger partial charge >= 0.3 is 0 Å². The minimum atomic E-state index is 0.125. The number of amides is 1. The molecule has 7 heteroatoms. The first kappa shape index (κ1) is 15.1. The summed E-state index contributed by atoms with van der Waals surface area (Å²) in [6, 6.07) is 1.77. The van der Waals surface area contributed by atoms with Gasteiger partial charge in [0.2, 0.25) is 5.91 Å². The summed E-state index contributed by atoms with van der Waals surface area (Å²) >= 11 is 1.47. The molecule has 0 unspecified atom stereocenters. The van der Waals surface area contributed by atoms with Gasteiger partial charge in [-0.15, -0.1) is 11.3 Å². The van der Waals surface area contributed by atoms with Crippen molar-refractivity contribution < 1.29 is 9.53 Å². The first-order valence-corrected chi connectivity index (χ1v) is 8.16. The molecule has 22 heavy (non-hydrogen) atoms. The maximum absolute atomic E-state index is 12.3. The van der Waals surface area contributed by atoms with Crippen LogP contribution in [0.15, 0.2) is 23.8 Å². The maximum atomic E-state index is 12.3. The average Bonchev–Trinajstić information content (AvgIpc) is 3.04. The molecule has 2 aromatic rings. The van der Waals surface area contributed by atoms with Crippen LogP contribution in [0.4, 0.5) is 0 Å². The molecule has 6 nitrogen and oxygen atoms in total. The van der Waals surface area contributed by atoms with Crippen molar-refractivity contribution in [2.24, 2.45) is 0 Å². The van der Waals surface area contributed by atoms with Crippen molar-refractivity contribution >= 4 is 17.2 Å². The van der Waals surface area contributed by atoms with E-state index in [1.165, 1.54) is 11.3 Å². The fraction of sp³-hybridized carbons (Fsp3) is 0.467. The molecule has 0 atom stereocenters. The van der Waals surface area contributed by atoms with E-state index in [2.05, 4.69) is 15.0 Å². The van der Waals surface area contributed by atoms with Gasteiger partial charge < -0.3 is 9.64 Å². The summed E-state index contributed by atoms with van der Waals surface area (Å²) < 4.78 is 5.33. The lowest BCUT2D eigenvalue weighted by Gasteiger charge is -2.31. The summed E-state index contributed by atoms with van der Waals surface area (Å²) in [5, 5.41) is 2.66. The lowest BCUT2D eigenvalue weighted by atomic mass is 10.1. The van der Waals surface area contributed by atoms with Crippen LogP contribution in [0.25, 0.3) is 10.8 Å². The Morgan fingerprint density at radius 3 is 2.77 bits per heavy atom. The molecule has 3 heterocycles. The Kier molecular flexibility index (Phi) is 4.74. The molecule has 0 radical (unpaired) electrons. The van der Waals surface area contributed by atoms with Crippen molar-refractivity contribution in [3.05, 3.63) is 29.5 Å². The Balaban J connectivity index is 1.60. The monoisotopic (exact) mass is 318 g/mol. The molecule has 0 saturated carbocycles. The van der Waals surface area contributed by atoms with Gasteiger partial charge in [-0.25, -0.2) is 15.0 Å². The van der Waals surface area contributed by atoms with E-state index in [1.54, 1.807) is 25.6 Å². The Morgan fingerprint density at radius 1 is 1.36 bits per heavy atom. The van der Waals surface area contributed by atoms with E-state index in [0.717, 1.165) is 36.6 Å². The third-order valence-electron chi connectivity index (χ3n) is 3.77. The first-order chi connectivity index (χ1) is 10.8. The third-order valence-corrected chi connectivity index (χ3v) is 4.66. The van der Waals surface area contributed by atoms with Crippen molar-refractivity contribution in [3.8, 4) is 10.8 Å². The standard InChI is InChI=1S/C15H18N4O2S/c1-21-12-3-7-19(8-4-12)13(20)9-11-10-22-15(18-11)14-16-5-2-6-17-14/h2,5-6,10,12H,3-4,7-9H2,1H3. The molecule has 1 amide bonds. The van der Waals surface area contributed by atoms with Crippen LogP contribution in [0, 0.1) is 0 Å². The van der Waals surface area contributed by atoms with Gasteiger partial charge in [-0.1, -0.05) is 0 Å². The number of likely N-dealkylation sites (tertiary alicyclic amines) is 1. The predicted octanol–water partition coefficient (Wildman–Crippen LogP) is 1.78. The quantitative estimate of drug-likeness (QED) is 0.859. The third kappa shape index (κ3) is 3.48. The second kappa shape index (κ2) is 6.93. The summed E-state index contributed by atoms with van der Waals surface area (Å²) in [4.78, 5) is 27.0. The number of hydrogen-bond acceptors (Lipinski definition) is 6. The number of nitrogens with zero attached hydrogens (tertiary/aromatic N) is 4. The molecule has 1 aliphatic rings. The molecule has 0 spiro atoms. The Hall–Kier alpha value is -1.86. The van der Waals surface area contributed by atoms with Crippen LogP contribution >= 0.6 is 11.3 Å². The largest absolute Gasteiger partial charge is 0.381 e. The van der Waals surface area contributed by atoms with Crippen molar-refractivity contribution in [3.63, 3.8) is 0 Å². The highest BCUT2D eigenvalue weighted by atomic mass is 32.1. The smallest absolute Gasteiger partial charge is 0.228 e. The number of hydrogen-bond donors (Lipinski definition) is 0. The van der Waals surface area contributed by atoms with Gasteiger partial charge in [0, 0.05) is 38.0 Å². The zero-order valence-electron chi connectivity index (χ0n) is 12.4. The van der Waals surface area contributed by atoms with Crippen LogP contribution in [-0.4, -0.2) is 52.1 Å². The van der Waals surface area contributed by atoms with E-state index in [-0.39, 0.29) is 12.0 Å². The molecule has 1 aliphatic heterocycles. The number of carbonyl (C=O) groups is 1. The first-order valence-electron chi connectivity index (χ1n) is 7.28. The Labute approximate surface area is 133 Å². The molecule has 1 saturated heterocycles. The maximum Gasteiger partial charge on any atom is 0.228 e.